The molecule has 0 aromatic rings. The molecule has 6 rings (SSSR count). The highest BCUT2D eigenvalue weighted by atomic mass is 19.4. The molecule has 2 bridgehead atoms. The standard InChI is InChI=1S/C74H117F7N12O12/c1-18-44(7)59-68(103)87(13)39-57(96)88(14)51-24-22-21-23-31-92(67(51)102)54(35-45-27-29-73(77,78)30-28-45)66(101)86(12)38-55(94)82-50(26-25-46-33-48(75)58(49(76)34-46)74(79,80)81)64(99)93-37-43(6)32-52(93)62(97)84-72(40-71(8,9)41-72)70(105)91(17)61(47(19-2)20-3)69(104)89(15)53(65(100)85(10)11)36-56(95)90(16)60(42(4)5)63(98)83-59/h21-22,42-54,58-61H,18-20,23-41H2,1-17H3,(H,82,94)(H,83,98)(H,84,97)/b22-21-/t43-,44-,46?,48?,49?,50-,51-,52-,53-,54-,58?,59-,60-,61-/m0/s1. The zero-order valence-corrected chi connectivity index (χ0v) is 64.6. The van der Waals surface area contributed by atoms with Crippen molar-refractivity contribution < 1.29 is 88.3 Å². The van der Waals surface area contributed by atoms with Gasteiger partial charge in [-0.1, -0.05) is 93.7 Å². The Morgan fingerprint density at radius 2 is 1.25 bits per heavy atom. The second kappa shape index (κ2) is 35.7. The third-order valence-electron chi connectivity index (χ3n) is 23.1. The van der Waals surface area contributed by atoms with Crippen molar-refractivity contribution in [2.45, 2.75) is 256 Å². The number of hydrogen-bond donors (Lipinski definition) is 3. The highest BCUT2D eigenvalue weighted by Gasteiger charge is 2.60. The average molecular weight is 1500 g/mol. The minimum Gasteiger partial charge on any atom is -0.347 e. The van der Waals surface area contributed by atoms with Crippen molar-refractivity contribution in [3.8, 4) is 0 Å². The fourth-order valence-corrected chi connectivity index (χ4v) is 16.9. The summed E-state index contributed by atoms with van der Waals surface area (Å²) in [7, 11) is 10.9. The van der Waals surface area contributed by atoms with E-state index in [1.807, 2.05) is 27.7 Å². The van der Waals surface area contributed by atoms with Crippen molar-refractivity contribution in [3.05, 3.63) is 12.2 Å². The zero-order chi connectivity index (χ0) is 79.0. The van der Waals surface area contributed by atoms with Gasteiger partial charge in [0.05, 0.1) is 19.5 Å². The highest BCUT2D eigenvalue weighted by Crippen LogP contribution is 2.50. The molecule has 3 aliphatic carbocycles. The summed E-state index contributed by atoms with van der Waals surface area (Å²) in [6.07, 6.45) is -10.0. The van der Waals surface area contributed by atoms with E-state index >= 15 is 37.5 Å². The fraction of sp³-hybridized carbons (Fsp3) is 0.811. The lowest BCUT2D eigenvalue weighted by molar-refractivity contribution is -0.219. The van der Waals surface area contributed by atoms with E-state index in [2.05, 4.69) is 16.0 Å². The van der Waals surface area contributed by atoms with Crippen LogP contribution >= 0.6 is 0 Å². The molecule has 105 heavy (non-hydrogen) atoms. The van der Waals surface area contributed by atoms with Crippen molar-refractivity contribution >= 4 is 70.9 Å². The van der Waals surface area contributed by atoms with Crippen LogP contribution in [-0.2, 0) is 57.5 Å². The number of fused-ring (bicyclic) bond motifs is 3. The number of carbonyl (C=O) groups excluding carboxylic acids is 12. The third kappa shape index (κ3) is 20.8. The maximum absolute atomic E-state index is 15.7. The maximum atomic E-state index is 15.7. The number of halogens is 7. The summed E-state index contributed by atoms with van der Waals surface area (Å²) >= 11 is 0. The van der Waals surface area contributed by atoms with Gasteiger partial charge in [0.15, 0.2) is 0 Å². The van der Waals surface area contributed by atoms with Crippen molar-refractivity contribution in [1.29, 1.82) is 0 Å². The highest BCUT2D eigenvalue weighted by molar-refractivity contribution is 6.01. The molecule has 0 aromatic carbocycles. The molecule has 2 unspecified atom stereocenters. The van der Waals surface area contributed by atoms with Gasteiger partial charge < -0.3 is 60.0 Å². The molecular formula is C74H117F7N12O12. The van der Waals surface area contributed by atoms with Gasteiger partial charge in [-0.05, 0) is 118 Å². The fourth-order valence-electron chi connectivity index (χ4n) is 16.9. The maximum Gasteiger partial charge on any atom is 0.397 e. The van der Waals surface area contributed by atoms with E-state index in [1.165, 1.54) is 76.0 Å². The van der Waals surface area contributed by atoms with Gasteiger partial charge in [-0.2, -0.15) is 13.2 Å². The van der Waals surface area contributed by atoms with E-state index in [9.17, 15) is 50.7 Å². The lowest BCUT2D eigenvalue weighted by atomic mass is 9.58. The van der Waals surface area contributed by atoms with Gasteiger partial charge in [0, 0.05) is 82.3 Å². The van der Waals surface area contributed by atoms with Crippen LogP contribution in [0.5, 0.6) is 0 Å². The monoisotopic (exact) mass is 1500 g/mol. The molecule has 12 atom stereocenters. The molecule has 3 N–H and O–H groups in total. The van der Waals surface area contributed by atoms with E-state index in [0.29, 0.717) is 19.3 Å². The summed E-state index contributed by atoms with van der Waals surface area (Å²) < 4.78 is 102. The first-order valence-corrected chi connectivity index (χ1v) is 37.4. The van der Waals surface area contributed by atoms with Crippen molar-refractivity contribution in [3.63, 3.8) is 0 Å². The first kappa shape index (κ1) is 86.8. The number of nitrogens with zero attached hydrogens (tertiary/aromatic N) is 9. The van der Waals surface area contributed by atoms with Gasteiger partial charge in [-0.25, -0.2) is 17.6 Å². The molecule has 12 amide bonds. The Hall–Kier alpha value is -7.11. The average Bonchev–Trinajstić information content (AvgIpc) is 1.32. The van der Waals surface area contributed by atoms with Gasteiger partial charge in [-0.3, -0.25) is 57.5 Å². The van der Waals surface area contributed by atoms with Crippen LogP contribution in [0.15, 0.2) is 12.2 Å². The predicted octanol–water partition coefficient (Wildman–Crippen LogP) is 6.53. The molecular weight excluding hydrogens is 1380 g/mol. The van der Waals surface area contributed by atoms with Crippen LogP contribution in [0.4, 0.5) is 30.7 Å². The smallest absolute Gasteiger partial charge is 0.347 e. The van der Waals surface area contributed by atoms with Gasteiger partial charge >= 0.3 is 6.18 Å². The van der Waals surface area contributed by atoms with Gasteiger partial charge in [-0.15, -0.1) is 0 Å². The number of hydrogen-bond acceptors (Lipinski definition) is 12. The first-order chi connectivity index (χ1) is 48.8. The largest absolute Gasteiger partial charge is 0.397 e. The number of carbonyl (C=O) groups is 12. The molecule has 0 radical (unpaired) electrons. The van der Waals surface area contributed by atoms with Crippen LogP contribution < -0.4 is 16.0 Å². The van der Waals surface area contributed by atoms with Crippen molar-refractivity contribution in [2.75, 3.05) is 82.6 Å². The van der Waals surface area contributed by atoms with Crippen molar-refractivity contribution in [1.82, 2.24) is 60.0 Å². The van der Waals surface area contributed by atoms with Crippen LogP contribution in [0.2, 0.25) is 0 Å². The number of amides is 12. The Balaban J connectivity index is 1.48. The number of nitrogens with one attached hydrogen (secondary N) is 3. The third-order valence-corrected chi connectivity index (χ3v) is 23.1. The molecule has 3 saturated carbocycles. The molecule has 5 fully saturated rings. The predicted molar refractivity (Wildman–Crippen MR) is 377 cm³/mol. The summed E-state index contributed by atoms with van der Waals surface area (Å²) in [4.78, 5) is 191. The van der Waals surface area contributed by atoms with Crippen LogP contribution in [0.3, 0.4) is 0 Å². The van der Waals surface area contributed by atoms with E-state index in [1.54, 1.807) is 46.8 Å². The van der Waals surface area contributed by atoms with E-state index in [-0.39, 0.29) is 70.9 Å². The minimum atomic E-state index is -5.20. The van der Waals surface area contributed by atoms with Crippen LogP contribution in [0, 0.1) is 46.8 Å². The second-order valence-corrected chi connectivity index (χ2v) is 32.5. The quantitative estimate of drug-likeness (QED) is 0.139. The summed E-state index contributed by atoms with van der Waals surface area (Å²) in [6, 6.07) is -11.2. The Labute approximate surface area is 614 Å². The van der Waals surface area contributed by atoms with E-state index < -0.39 is 248 Å². The summed E-state index contributed by atoms with van der Waals surface area (Å²) in [5.41, 5.74) is -2.31. The van der Waals surface area contributed by atoms with Crippen molar-refractivity contribution in [2.24, 2.45) is 46.8 Å². The molecule has 3 aliphatic heterocycles. The summed E-state index contributed by atoms with van der Waals surface area (Å²) in [6.45, 7) is 14.2. The lowest BCUT2D eigenvalue weighted by Crippen LogP contribution is -2.71. The molecule has 31 heteroatoms. The summed E-state index contributed by atoms with van der Waals surface area (Å²) in [5.74, 6) is -19.0. The lowest BCUT2D eigenvalue weighted by Gasteiger charge is -2.54. The Morgan fingerprint density at radius 1 is 0.657 bits per heavy atom. The molecule has 1 spiro atoms. The zero-order valence-electron chi connectivity index (χ0n) is 64.6. The summed E-state index contributed by atoms with van der Waals surface area (Å²) in [5, 5.41) is 8.47. The Kier molecular flexibility index (Phi) is 29.5. The van der Waals surface area contributed by atoms with Gasteiger partial charge in [0.25, 0.3) is 0 Å². The van der Waals surface area contributed by atoms with Gasteiger partial charge in [0.2, 0.25) is 76.8 Å². The molecule has 2 saturated heterocycles. The van der Waals surface area contributed by atoms with Gasteiger partial charge in [0.1, 0.15) is 72.1 Å². The van der Waals surface area contributed by atoms with E-state index in [0.717, 1.165) is 24.5 Å². The second-order valence-electron chi connectivity index (χ2n) is 32.5. The van der Waals surface area contributed by atoms with Crippen LogP contribution in [0.1, 0.15) is 178 Å². The van der Waals surface area contributed by atoms with E-state index in [4.69, 9.17) is 0 Å². The molecule has 6 aliphatic rings. The molecule has 24 nitrogen and oxygen atoms in total. The number of alkyl halides is 7. The van der Waals surface area contributed by atoms with Crippen LogP contribution in [0.25, 0.3) is 0 Å². The first-order valence-electron chi connectivity index (χ1n) is 37.4. The minimum absolute atomic E-state index is 0.0100. The van der Waals surface area contributed by atoms with Crippen LogP contribution in [-0.4, -0.2) is 276 Å². The normalized spacial score (nSPS) is 31.3. The molecule has 594 valence electrons. The topological polar surface area (TPSA) is 270 Å². The number of rotatable bonds is 12. The molecule has 3 heterocycles. The molecule has 0 aromatic heterocycles. The SMILES string of the molecule is CCC(CC)[C@H]1C(=O)N(C)[C@H](C(=O)N(C)C)CC(=O)N(C)[C@@H](C(C)C)C(=O)N[C@@H]([C@@H](C)CC)C(=O)N(C)CC(=O)N(C)[C@H]2C/C=C\CCN(C2=O)[C@@H](CC2CCC(F)(F)CC2)C(=O)N(C)CC(=O)N[C@@H](CCC2CC(F)C(C(F)(F)F)C(F)C2)C(=O)N2C[C@@H](C)C[C@H]2C(=O)NC2(CC(C)(C)C2)C(=O)N1C. The Bertz CT molecular complexity index is 3160. The Morgan fingerprint density at radius 3 is 1.79 bits per heavy atom. The number of likely N-dealkylation sites (N-methyl/N-ethyl adjacent to an activating group) is 7.